The number of benzene rings is 1. The van der Waals surface area contributed by atoms with Crippen molar-refractivity contribution in [3.05, 3.63) is 46.7 Å². The molecule has 0 saturated carbocycles. The van der Waals surface area contributed by atoms with Gasteiger partial charge in [0.05, 0.1) is 27.9 Å². The Balaban J connectivity index is 2.12. The highest BCUT2D eigenvalue weighted by atomic mass is 35.5. The normalized spacial score (nSPS) is 11.1. The molecule has 27 heavy (non-hydrogen) atoms. The summed E-state index contributed by atoms with van der Waals surface area (Å²) in [7, 11) is 4.77. The van der Waals surface area contributed by atoms with Crippen molar-refractivity contribution in [2.45, 2.75) is 20.0 Å². The van der Waals surface area contributed by atoms with Crippen LogP contribution < -0.4 is 24.8 Å². The number of rotatable bonds is 8. The fourth-order valence-electron chi connectivity index (χ4n) is 2.44. The number of pyridine rings is 1. The Bertz CT molecular complexity index is 741. The van der Waals surface area contributed by atoms with Crippen molar-refractivity contribution in [3.63, 3.8) is 0 Å². The molecule has 0 fully saturated rings. The molecule has 0 saturated heterocycles. The Labute approximate surface area is 164 Å². The third-order valence-electron chi connectivity index (χ3n) is 3.74. The summed E-state index contributed by atoms with van der Waals surface area (Å²) < 4.78 is 16.1. The number of methoxy groups -OCH3 is 3. The average Bonchev–Trinajstić information content (AvgIpc) is 2.70. The van der Waals surface area contributed by atoms with Gasteiger partial charge in [-0.15, -0.1) is 0 Å². The van der Waals surface area contributed by atoms with E-state index in [0.717, 1.165) is 17.7 Å². The van der Waals surface area contributed by atoms with Crippen molar-refractivity contribution in [2.24, 2.45) is 4.99 Å². The molecule has 0 spiro atoms. The summed E-state index contributed by atoms with van der Waals surface area (Å²) in [5.41, 5.74) is 1.95. The number of hydrogen-bond acceptors (Lipinski definition) is 5. The predicted octanol–water partition coefficient (Wildman–Crippen LogP) is 3.02. The SMILES string of the molecule is CCNC(=NCc1cc(OC)c(OC)c(OC)c1)NCc1ccc(Cl)nc1. The van der Waals surface area contributed by atoms with Crippen LogP contribution in [0.2, 0.25) is 5.15 Å². The quantitative estimate of drug-likeness (QED) is 0.408. The highest BCUT2D eigenvalue weighted by molar-refractivity contribution is 6.29. The largest absolute Gasteiger partial charge is 0.493 e. The van der Waals surface area contributed by atoms with Crippen LogP contribution in [-0.4, -0.2) is 38.8 Å². The van der Waals surface area contributed by atoms with Gasteiger partial charge in [0.15, 0.2) is 17.5 Å². The van der Waals surface area contributed by atoms with E-state index in [1.54, 1.807) is 33.6 Å². The second kappa shape index (κ2) is 10.5. The molecule has 0 aliphatic carbocycles. The first-order chi connectivity index (χ1) is 13.1. The summed E-state index contributed by atoms with van der Waals surface area (Å²) in [6, 6.07) is 7.46. The monoisotopic (exact) mass is 392 g/mol. The van der Waals surface area contributed by atoms with Gasteiger partial charge in [-0.1, -0.05) is 17.7 Å². The summed E-state index contributed by atoms with van der Waals surface area (Å²) >= 11 is 5.82. The molecule has 146 valence electrons. The van der Waals surface area contributed by atoms with E-state index in [9.17, 15) is 0 Å². The third-order valence-corrected chi connectivity index (χ3v) is 3.96. The molecule has 0 atom stereocenters. The Morgan fingerprint density at radius 1 is 1.04 bits per heavy atom. The van der Waals surface area contributed by atoms with Crippen LogP contribution in [-0.2, 0) is 13.1 Å². The van der Waals surface area contributed by atoms with E-state index in [4.69, 9.17) is 25.8 Å². The fourth-order valence-corrected chi connectivity index (χ4v) is 2.55. The number of nitrogens with zero attached hydrogens (tertiary/aromatic N) is 2. The molecule has 0 radical (unpaired) electrons. The first-order valence-corrected chi connectivity index (χ1v) is 8.90. The minimum atomic E-state index is 0.449. The molecule has 0 aliphatic heterocycles. The molecular weight excluding hydrogens is 368 g/mol. The van der Waals surface area contributed by atoms with Gasteiger partial charge in [-0.25, -0.2) is 9.98 Å². The summed E-state index contributed by atoms with van der Waals surface area (Å²) in [4.78, 5) is 8.70. The molecule has 8 heteroatoms. The van der Waals surface area contributed by atoms with Gasteiger partial charge in [0.25, 0.3) is 0 Å². The van der Waals surface area contributed by atoms with E-state index in [1.165, 1.54) is 0 Å². The lowest BCUT2D eigenvalue weighted by molar-refractivity contribution is 0.324. The van der Waals surface area contributed by atoms with E-state index in [2.05, 4.69) is 20.6 Å². The van der Waals surface area contributed by atoms with Gasteiger partial charge in [0, 0.05) is 19.3 Å². The van der Waals surface area contributed by atoms with Crippen molar-refractivity contribution in [1.29, 1.82) is 0 Å². The van der Waals surface area contributed by atoms with Crippen LogP contribution in [0.3, 0.4) is 0 Å². The predicted molar refractivity (Wildman–Crippen MR) is 107 cm³/mol. The first-order valence-electron chi connectivity index (χ1n) is 8.52. The number of guanidine groups is 1. The molecule has 0 aliphatic rings. The Morgan fingerprint density at radius 3 is 2.26 bits per heavy atom. The number of halogens is 1. The lowest BCUT2D eigenvalue weighted by Crippen LogP contribution is -2.36. The van der Waals surface area contributed by atoms with Crippen LogP contribution in [0.15, 0.2) is 35.5 Å². The molecule has 1 aromatic carbocycles. The van der Waals surface area contributed by atoms with E-state index < -0.39 is 0 Å². The van der Waals surface area contributed by atoms with Gasteiger partial charge in [-0.3, -0.25) is 0 Å². The lowest BCUT2D eigenvalue weighted by atomic mass is 10.2. The third kappa shape index (κ3) is 5.92. The molecule has 0 amide bonds. The highest BCUT2D eigenvalue weighted by Crippen LogP contribution is 2.38. The topological polar surface area (TPSA) is 77.0 Å². The first kappa shape index (κ1) is 20.6. The second-order valence-electron chi connectivity index (χ2n) is 5.57. The Morgan fingerprint density at radius 2 is 1.74 bits per heavy atom. The second-order valence-corrected chi connectivity index (χ2v) is 5.96. The van der Waals surface area contributed by atoms with Crippen LogP contribution in [0, 0.1) is 0 Å². The molecule has 7 nitrogen and oxygen atoms in total. The van der Waals surface area contributed by atoms with Crippen molar-refractivity contribution < 1.29 is 14.2 Å². The van der Waals surface area contributed by atoms with Crippen LogP contribution in [0.1, 0.15) is 18.1 Å². The maximum atomic E-state index is 5.82. The van der Waals surface area contributed by atoms with Gasteiger partial charge in [-0.05, 0) is 36.2 Å². The zero-order valence-corrected chi connectivity index (χ0v) is 16.8. The minimum absolute atomic E-state index is 0.449. The molecule has 2 rings (SSSR count). The molecule has 1 heterocycles. The van der Waals surface area contributed by atoms with E-state index in [0.29, 0.717) is 41.5 Å². The molecule has 1 aromatic heterocycles. The zero-order chi connectivity index (χ0) is 19.6. The average molecular weight is 393 g/mol. The Hall–Kier alpha value is -2.67. The summed E-state index contributed by atoms with van der Waals surface area (Å²) in [6.45, 7) is 3.80. The highest BCUT2D eigenvalue weighted by Gasteiger charge is 2.13. The maximum Gasteiger partial charge on any atom is 0.203 e. The van der Waals surface area contributed by atoms with E-state index >= 15 is 0 Å². The molecule has 0 bridgehead atoms. The van der Waals surface area contributed by atoms with E-state index in [-0.39, 0.29) is 0 Å². The standard InChI is InChI=1S/C19H25ClN4O3/c1-5-21-19(23-11-13-6-7-17(20)22-10-13)24-12-14-8-15(25-2)18(27-4)16(9-14)26-3/h6-10H,5,11-12H2,1-4H3,(H2,21,23,24). The van der Waals surface area contributed by atoms with Crippen LogP contribution in [0.25, 0.3) is 0 Å². The van der Waals surface area contributed by atoms with Crippen LogP contribution >= 0.6 is 11.6 Å². The van der Waals surface area contributed by atoms with Crippen molar-refractivity contribution in [1.82, 2.24) is 15.6 Å². The summed E-state index contributed by atoms with van der Waals surface area (Å²) in [6.07, 6.45) is 1.73. The zero-order valence-electron chi connectivity index (χ0n) is 16.0. The van der Waals surface area contributed by atoms with Crippen molar-refractivity contribution >= 4 is 17.6 Å². The molecule has 2 aromatic rings. The summed E-state index contributed by atoms with van der Waals surface area (Å²) in [5, 5.41) is 6.97. The number of aliphatic imine (C=N–C) groups is 1. The van der Waals surface area contributed by atoms with Crippen molar-refractivity contribution in [3.8, 4) is 17.2 Å². The van der Waals surface area contributed by atoms with Crippen LogP contribution in [0.5, 0.6) is 17.2 Å². The van der Waals surface area contributed by atoms with E-state index in [1.807, 2.05) is 25.1 Å². The van der Waals surface area contributed by atoms with Gasteiger partial charge in [0.1, 0.15) is 5.15 Å². The number of hydrogen-bond donors (Lipinski definition) is 2. The summed E-state index contributed by atoms with van der Waals surface area (Å²) in [5.74, 6) is 2.47. The minimum Gasteiger partial charge on any atom is -0.493 e. The van der Waals surface area contributed by atoms with Gasteiger partial charge in [-0.2, -0.15) is 0 Å². The fraction of sp³-hybridized carbons (Fsp3) is 0.368. The Kier molecular flexibility index (Phi) is 8.00. The number of aromatic nitrogens is 1. The molecule has 0 unspecified atom stereocenters. The van der Waals surface area contributed by atoms with Gasteiger partial charge in [0.2, 0.25) is 5.75 Å². The van der Waals surface area contributed by atoms with Crippen LogP contribution in [0.4, 0.5) is 0 Å². The smallest absolute Gasteiger partial charge is 0.203 e. The molecule has 2 N–H and O–H groups in total. The maximum absolute atomic E-state index is 5.82. The number of ether oxygens (including phenoxy) is 3. The molecular formula is C19H25ClN4O3. The van der Waals surface area contributed by atoms with Gasteiger partial charge < -0.3 is 24.8 Å². The number of nitrogens with one attached hydrogen (secondary N) is 2. The van der Waals surface area contributed by atoms with Gasteiger partial charge >= 0.3 is 0 Å². The lowest BCUT2D eigenvalue weighted by Gasteiger charge is -2.14. The van der Waals surface area contributed by atoms with Crippen molar-refractivity contribution in [2.75, 3.05) is 27.9 Å².